The number of nitrogens with zero attached hydrogens (tertiary/aromatic N) is 2. The number of carbonyl (C=O) groups excluding carboxylic acids is 1. The van der Waals surface area contributed by atoms with Crippen LogP contribution in [-0.2, 0) is 20.8 Å². The van der Waals surface area contributed by atoms with Crippen LogP contribution >= 0.6 is 11.6 Å². The van der Waals surface area contributed by atoms with E-state index in [0.29, 0.717) is 35.5 Å². The third-order valence-electron chi connectivity index (χ3n) is 5.68. The van der Waals surface area contributed by atoms with E-state index in [1.165, 1.54) is 13.2 Å². The number of piperidine rings is 1. The van der Waals surface area contributed by atoms with Gasteiger partial charge in [0.2, 0.25) is 0 Å². The minimum absolute atomic E-state index is 0.176. The Morgan fingerprint density at radius 3 is 2.81 bits per heavy atom. The predicted molar refractivity (Wildman–Crippen MR) is 102 cm³/mol. The van der Waals surface area contributed by atoms with Crippen molar-refractivity contribution in [2.75, 3.05) is 46.5 Å². The molecule has 2 saturated heterocycles. The van der Waals surface area contributed by atoms with E-state index in [2.05, 4.69) is 9.80 Å². The molecule has 0 aromatic heterocycles. The second-order valence-corrected chi connectivity index (χ2v) is 7.72. The Hall–Kier alpha value is -1.21. The second kappa shape index (κ2) is 9.82. The van der Waals surface area contributed by atoms with Crippen LogP contribution < -0.4 is 0 Å². The number of halogens is 2. The van der Waals surface area contributed by atoms with E-state index >= 15 is 0 Å². The predicted octanol–water partition coefficient (Wildman–Crippen LogP) is 2.96. The van der Waals surface area contributed by atoms with Crippen molar-refractivity contribution in [1.82, 2.24) is 9.80 Å². The Labute approximate surface area is 165 Å². The monoisotopic (exact) mass is 398 g/mol. The van der Waals surface area contributed by atoms with E-state index in [1.54, 1.807) is 12.1 Å². The van der Waals surface area contributed by atoms with E-state index in [1.807, 2.05) is 0 Å². The maximum atomic E-state index is 14.2. The number of ether oxygens (including phenoxy) is 2. The zero-order chi connectivity index (χ0) is 19.2. The average molecular weight is 399 g/mol. The molecule has 150 valence electrons. The van der Waals surface area contributed by atoms with Crippen molar-refractivity contribution < 1.29 is 18.7 Å². The summed E-state index contributed by atoms with van der Waals surface area (Å²) in [5, 5.41) is 0.469. The molecule has 0 unspecified atom stereocenters. The number of likely N-dealkylation sites (tertiary alicyclic amines) is 1. The summed E-state index contributed by atoms with van der Waals surface area (Å²) in [6.07, 6.45) is 2.18. The lowest BCUT2D eigenvalue weighted by Gasteiger charge is -2.45. The normalized spacial score (nSPS) is 24.7. The quantitative estimate of drug-likeness (QED) is 0.689. The highest BCUT2D eigenvalue weighted by atomic mass is 35.5. The van der Waals surface area contributed by atoms with Crippen LogP contribution in [0.5, 0.6) is 0 Å². The average Bonchev–Trinajstić information content (AvgIpc) is 2.69. The molecule has 0 N–H and O–H groups in total. The Morgan fingerprint density at radius 1 is 1.33 bits per heavy atom. The molecule has 2 atom stereocenters. The summed E-state index contributed by atoms with van der Waals surface area (Å²) < 4.78 is 24.5. The maximum absolute atomic E-state index is 14.2. The van der Waals surface area contributed by atoms with Crippen molar-refractivity contribution in [1.29, 1.82) is 0 Å². The number of methoxy groups -OCH3 is 1. The van der Waals surface area contributed by atoms with Crippen molar-refractivity contribution in [3.63, 3.8) is 0 Å². The van der Waals surface area contributed by atoms with Gasteiger partial charge in [0.05, 0.1) is 20.3 Å². The third-order valence-corrected chi connectivity index (χ3v) is 6.04. The van der Waals surface area contributed by atoms with Crippen molar-refractivity contribution in [2.45, 2.75) is 31.8 Å². The zero-order valence-electron chi connectivity index (χ0n) is 15.8. The highest BCUT2D eigenvalue weighted by molar-refractivity contribution is 6.31. The van der Waals surface area contributed by atoms with E-state index < -0.39 is 0 Å². The fraction of sp³-hybridized carbons (Fsp3) is 0.650. The molecular formula is C20H28ClFN2O3. The van der Waals surface area contributed by atoms with Gasteiger partial charge in [-0.25, -0.2) is 4.39 Å². The van der Waals surface area contributed by atoms with Crippen LogP contribution in [-0.4, -0.2) is 68.3 Å². The van der Waals surface area contributed by atoms with Gasteiger partial charge in [-0.2, -0.15) is 0 Å². The lowest BCUT2D eigenvalue weighted by Crippen LogP contribution is -2.53. The highest BCUT2D eigenvalue weighted by Gasteiger charge is 2.34. The van der Waals surface area contributed by atoms with Gasteiger partial charge in [0, 0.05) is 49.2 Å². The number of benzene rings is 1. The molecule has 0 bridgehead atoms. The summed E-state index contributed by atoms with van der Waals surface area (Å²) in [6, 6.07) is 5.24. The molecule has 27 heavy (non-hydrogen) atoms. The molecule has 1 aromatic carbocycles. The molecule has 2 fully saturated rings. The molecule has 0 aliphatic carbocycles. The Bertz CT molecular complexity index is 619. The first-order valence-corrected chi connectivity index (χ1v) is 10.00. The molecule has 7 heteroatoms. The fourth-order valence-corrected chi connectivity index (χ4v) is 4.45. The van der Waals surface area contributed by atoms with E-state index in [9.17, 15) is 9.18 Å². The summed E-state index contributed by atoms with van der Waals surface area (Å²) in [5.41, 5.74) is 0.552. The van der Waals surface area contributed by atoms with Crippen LogP contribution in [0.1, 0.15) is 24.8 Å². The van der Waals surface area contributed by atoms with Crippen LogP contribution in [0, 0.1) is 11.7 Å². The molecule has 5 nitrogen and oxygen atoms in total. The summed E-state index contributed by atoms with van der Waals surface area (Å²) >= 11 is 6.21. The first-order chi connectivity index (χ1) is 13.1. The van der Waals surface area contributed by atoms with Crippen molar-refractivity contribution in [2.24, 2.45) is 5.92 Å². The first kappa shape index (κ1) is 20.5. The van der Waals surface area contributed by atoms with E-state index in [0.717, 1.165) is 52.2 Å². The van der Waals surface area contributed by atoms with Gasteiger partial charge in [-0.05, 0) is 37.4 Å². The number of morpholine rings is 1. The van der Waals surface area contributed by atoms with Crippen LogP contribution in [0.25, 0.3) is 0 Å². The van der Waals surface area contributed by atoms with Gasteiger partial charge >= 0.3 is 5.97 Å². The van der Waals surface area contributed by atoms with Crippen molar-refractivity contribution in [3.8, 4) is 0 Å². The van der Waals surface area contributed by atoms with Gasteiger partial charge in [-0.1, -0.05) is 17.7 Å². The van der Waals surface area contributed by atoms with Crippen LogP contribution in [0.2, 0.25) is 5.02 Å². The molecule has 0 amide bonds. The van der Waals surface area contributed by atoms with Crippen LogP contribution in [0.3, 0.4) is 0 Å². The van der Waals surface area contributed by atoms with Crippen LogP contribution in [0.15, 0.2) is 18.2 Å². The smallest absolute Gasteiger partial charge is 0.305 e. The minimum atomic E-state index is -0.260. The van der Waals surface area contributed by atoms with Crippen LogP contribution in [0.4, 0.5) is 4.39 Å². The molecule has 0 saturated carbocycles. The number of esters is 1. The molecule has 2 aliphatic heterocycles. The molecule has 2 heterocycles. The Balaban J connectivity index is 1.68. The Morgan fingerprint density at radius 2 is 2.11 bits per heavy atom. The topological polar surface area (TPSA) is 42.0 Å². The molecule has 2 aliphatic rings. The lowest BCUT2D eigenvalue weighted by molar-refractivity contribution is -0.141. The lowest BCUT2D eigenvalue weighted by atomic mass is 9.86. The van der Waals surface area contributed by atoms with Crippen molar-refractivity contribution >= 4 is 17.6 Å². The third kappa shape index (κ3) is 5.41. The minimum Gasteiger partial charge on any atom is -0.469 e. The summed E-state index contributed by atoms with van der Waals surface area (Å²) in [7, 11) is 1.43. The van der Waals surface area contributed by atoms with Gasteiger partial charge < -0.3 is 9.47 Å². The first-order valence-electron chi connectivity index (χ1n) is 9.62. The standard InChI is InChI=1S/C20H28ClFN2O3/c1-26-20(25)6-5-15-13-23(14-16-17(21)3-2-4-18(16)22)8-7-19(15)24-9-11-27-12-10-24/h2-4,15,19H,5-14H2,1H3/t15-,19+/m0/s1. The molecular weight excluding hydrogens is 371 g/mol. The summed E-state index contributed by atoms with van der Waals surface area (Å²) in [6.45, 7) is 5.59. The van der Waals surface area contributed by atoms with Gasteiger partial charge in [-0.15, -0.1) is 0 Å². The SMILES string of the molecule is COC(=O)CC[C@H]1CN(Cc2c(F)cccc2Cl)CC[C@H]1N1CCOCC1. The maximum Gasteiger partial charge on any atom is 0.305 e. The molecule has 0 spiro atoms. The van der Waals surface area contributed by atoms with Crippen molar-refractivity contribution in [3.05, 3.63) is 34.6 Å². The molecule has 3 rings (SSSR count). The van der Waals surface area contributed by atoms with Gasteiger partial charge in [0.1, 0.15) is 5.82 Å². The number of carbonyl (C=O) groups is 1. The number of hydrogen-bond donors (Lipinski definition) is 0. The second-order valence-electron chi connectivity index (χ2n) is 7.31. The highest BCUT2D eigenvalue weighted by Crippen LogP contribution is 2.29. The largest absolute Gasteiger partial charge is 0.469 e. The summed E-state index contributed by atoms with van der Waals surface area (Å²) in [5.74, 6) is -0.101. The van der Waals surface area contributed by atoms with Gasteiger partial charge in [-0.3, -0.25) is 14.6 Å². The number of rotatable bonds is 6. The molecule has 0 radical (unpaired) electrons. The van der Waals surface area contributed by atoms with E-state index in [4.69, 9.17) is 21.1 Å². The zero-order valence-corrected chi connectivity index (χ0v) is 16.6. The Kier molecular flexibility index (Phi) is 7.47. The molecule has 1 aromatic rings. The summed E-state index contributed by atoms with van der Waals surface area (Å²) in [4.78, 5) is 16.4. The van der Waals surface area contributed by atoms with Gasteiger partial charge in [0.25, 0.3) is 0 Å². The fourth-order valence-electron chi connectivity index (χ4n) is 4.22. The van der Waals surface area contributed by atoms with Gasteiger partial charge in [0.15, 0.2) is 0 Å². The number of hydrogen-bond acceptors (Lipinski definition) is 5. The van der Waals surface area contributed by atoms with E-state index in [-0.39, 0.29) is 11.8 Å².